The van der Waals surface area contributed by atoms with Gasteiger partial charge in [-0.2, -0.15) is 0 Å². The van der Waals surface area contributed by atoms with Crippen LogP contribution >= 0.6 is 0 Å². The Kier molecular flexibility index (Phi) is 2.83. The normalized spacial score (nSPS) is 26.9. The molecule has 0 amide bonds. The summed E-state index contributed by atoms with van der Waals surface area (Å²) in [6.45, 7) is 7.65. The molecule has 0 bridgehead atoms. The lowest BCUT2D eigenvalue weighted by Gasteiger charge is -2.25. The van der Waals surface area contributed by atoms with Crippen molar-refractivity contribution in [2.45, 2.75) is 39.2 Å². The molecule has 1 nitrogen and oxygen atoms in total. The van der Waals surface area contributed by atoms with Crippen LogP contribution in [0.3, 0.4) is 0 Å². The minimum atomic E-state index is 0.267. The molecular weight excluding hydrogens is 184 g/mol. The number of benzene rings is 1. The number of hydrogen-bond donors (Lipinski definition) is 0. The molecule has 15 heavy (non-hydrogen) atoms. The standard InChI is InChI=1S/C14H20O/c1-14(2,3)13-9-12(10-15-13)11-7-5-4-6-8-11/h4-8,12-13H,9-10H2,1-3H3/t12-,13?/m1/s1. The monoisotopic (exact) mass is 204 g/mol. The van der Waals surface area contributed by atoms with Crippen molar-refractivity contribution >= 4 is 0 Å². The predicted octanol–water partition coefficient (Wildman–Crippen LogP) is 3.61. The van der Waals surface area contributed by atoms with Crippen molar-refractivity contribution in [3.05, 3.63) is 35.9 Å². The molecule has 82 valence electrons. The molecule has 1 heteroatoms. The van der Waals surface area contributed by atoms with Gasteiger partial charge in [-0.3, -0.25) is 0 Å². The van der Waals surface area contributed by atoms with E-state index in [1.165, 1.54) is 5.56 Å². The molecule has 0 aromatic heterocycles. The summed E-state index contributed by atoms with van der Waals surface area (Å²) >= 11 is 0. The topological polar surface area (TPSA) is 9.23 Å². The largest absolute Gasteiger partial charge is 0.377 e. The predicted molar refractivity (Wildman–Crippen MR) is 63.0 cm³/mol. The Hall–Kier alpha value is -0.820. The Morgan fingerprint density at radius 3 is 2.33 bits per heavy atom. The van der Waals surface area contributed by atoms with Gasteiger partial charge < -0.3 is 4.74 Å². The summed E-state index contributed by atoms with van der Waals surface area (Å²) in [6, 6.07) is 10.7. The summed E-state index contributed by atoms with van der Waals surface area (Å²) in [7, 11) is 0. The molecule has 1 aliphatic rings. The molecule has 0 aliphatic carbocycles. The maximum atomic E-state index is 5.88. The van der Waals surface area contributed by atoms with Gasteiger partial charge in [0.1, 0.15) is 0 Å². The van der Waals surface area contributed by atoms with Crippen LogP contribution < -0.4 is 0 Å². The van der Waals surface area contributed by atoms with Gasteiger partial charge in [0.15, 0.2) is 0 Å². The van der Waals surface area contributed by atoms with Crippen molar-refractivity contribution in [1.29, 1.82) is 0 Å². The van der Waals surface area contributed by atoms with Gasteiger partial charge in [0, 0.05) is 5.92 Å². The van der Waals surface area contributed by atoms with Gasteiger partial charge in [0.05, 0.1) is 12.7 Å². The third kappa shape index (κ3) is 2.40. The van der Waals surface area contributed by atoms with E-state index < -0.39 is 0 Å². The quantitative estimate of drug-likeness (QED) is 0.679. The molecule has 1 fully saturated rings. The number of hydrogen-bond acceptors (Lipinski definition) is 1. The van der Waals surface area contributed by atoms with Gasteiger partial charge in [-0.05, 0) is 17.4 Å². The first-order valence-corrected chi connectivity index (χ1v) is 5.74. The highest BCUT2D eigenvalue weighted by atomic mass is 16.5. The van der Waals surface area contributed by atoms with Crippen molar-refractivity contribution in [1.82, 2.24) is 0 Å². The van der Waals surface area contributed by atoms with Crippen LogP contribution in [0.1, 0.15) is 38.7 Å². The average molecular weight is 204 g/mol. The molecule has 1 saturated heterocycles. The van der Waals surface area contributed by atoms with Crippen molar-refractivity contribution in [2.75, 3.05) is 6.61 Å². The molecule has 0 N–H and O–H groups in total. The lowest BCUT2D eigenvalue weighted by molar-refractivity contribution is 0.0286. The Labute approximate surface area is 92.5 Å². The van der Waals surface area contributed by atoms with Crippen LogP contribution in [0, 0.1) is 5.41 Å². The summed E-state index contributed by atoms with van der Waals surface area (Å²) in [4.78, 5) is 0. The van der Waals surface area contributed by atoms with Gasteiger partial charge in [0.2, 0.25) is 0 Å². The Morgan fingerprint density at radius 2 is 1.80 bits per heavy atom. The fourth-order valence-electron chi connectivity index (χ4n) is 2.19. The summed E-state index contributed by atoms with van der Waals surface area (Å²) < 4.78 is 5.88. The summed E-state index contributed by atoms with van der Waals surface area (Å²) in [6.07, 6.45) is 1.57. The fraction of sp³-hybridized carbons (Fsp3) is 0.571. The van der Waals surface area contributed by atoms with Gasteiger partial charge >= 0.3 is 0 Å². The summed E-state index contributed by atoms with van der Waals surface area (Å²) in [5, 5.41) is 0. The summed E-state index contributed by atoms with van der Waals surface area (Å²) in [5.74, 6) is 0.593. The van der Waals surface area contributed by atoms with Crippen LogP contribution in [0.4, 0.5) is 0 Å². The Morgan fingerprint density at radius 1 is 1.13 bits per heavy atom. The first-order valence-electron chi connectivity index (χ1n) is 5.74. The number of ether oxygens (including phenoxy) is 1. The third-order valence-corrected chi connectivity index (χ3v) is 3.23. The van der Waals surface area contributed by atoms with E-state index in [1.807, 2.05) is 0 Å². The van der Waals surface area contributed by atoms with E-state index in [9.17, 15) is 0 Å². The first-order chi connectivity index (χ1) is 7.07. The summed E-state index contributed by atoms with van der Waals surface area (Å²) in [5.41, 5.74) is 1.69. The van der Waals surface area contributed by atoms with Gasteiger partial charge in [-0.25, -0.2) is 0 Å². The molecule has 2 rings (SSSR count). The van der Waals surface area contributed by atoms with Gasteiger partial charge in [0.25, 0.3) is 0 Å². The zero-order valence-electron chi connectivity index (χ0n) is 9.86. The minimum absolute atomic E-state index is 0.267. The Bertz CT molecular complexity index is 310. The fourth-order valence-corrected chi connectivity index (χ4v) is 2.19. The molecule has 1 aromatic carbocycles. The molecule has 0 saturated carbocycles. The zero-order valence-corrected chi connectivity index (χ0v) is 9.86. The number of rotatable bonds is 1. The maximum absolute atomic E-state index is 5.88. The van der Waals surface area contributed by atoms with Gasteiger partial charge in [-0.1, -0.05) is 51.1 Å². The second kappa shape index (κ2) is 3.97. The molecule has 2 atom stereocenters. The van der Waals surface area contributed by atoms with Crippen LogP contribution in [0.5, 0.6) is 0 Å². The van der Waals surface area contributed by atoms with Crippen LogP contribution in [-0.2, 0) is 4.74 Å². The SMILES string of the molecule is CC(C)(C)C1C[C@@H](c2ccccc2)CO1. The van der Waals surface area contributed by atoms with Gasteiger partial charge in [-0.15, -0.1) is 0 Å². The lowest BCUT2D eigenvalue weighted by Crippen LogP contribution is -2.25. The van der Waals surface area contributed by atoms with E-state index in [4.69, 9.17) is 4.74 Å². The van der Waals surface area contributed by atoms with Crippen LogP contribution in [0.15, 0.2) is 30.3 Å². The average Bonchev–Trinajstić information content (AvgIpc) is 2.67. The maximum Gasteiger partial charge on any atom is 0.0630 e. The first kappa shape index (κ1) is 10.7. The van der Waals surface area contributed by atoms with E-state index in [1.54, 1.807) is 0 Å². The molecule has 1 heterocycles. The van der Waals surface area contributed by atoms with Crippen molar-refractivity contribution in [3.8, 4) is 0 Å². The molecule has 1 aliphatic heterocycles. The van der Waals surface area contributed by atoms with E-state index in [0.29, 0.717) is 12.0 Å². The van der Waals surface area contributed by atoms with Crippen molar-refractivity contribution < 1.29 is 4.74 Å². The van der Waals surface area contributed by atoms with Crippen LogP contribution in [0.25, 0.3) is 0 Å². The zero-order chi connectivity index (χ0) is 10.9. The minimum Gasteiger partial charge on any atom is -0.377 e. The van der Waals surface area contributed by atoms with Crippen LogP contribution in [-0.4, -0.2) is 12.7 Å². The van der Waals surface area contributed by atoms with E-state index in [2.05, 4.69) is 51.1 Å². The molecule has 1 aromatic rings. The molecule has 0 radical (unpaired) electrons. The van der Waals surface area contributed by atoms with Crippen molar-refractivity contribution in [2.24, 2.45) is 5.41 Å². The highest BCUT2D eigenvalue weighted by molar-refractivity contribution is 5.20. The highest BCUT2D eigenvalue weighted by Gasteiger charge is 2.34. The van der Waals surface area contributed by atoms with E-state index >= 15 is 0 Å². The second-order valence-corrected chi connectivity index (χ2v) is 5.53. The van der Waals surface area contributed by atoms with E-state index in [0.717, 1.165) is 13.0 Å². The Balaban J connectivity index is 2.05. The van der Waals surface area contributed by atoms with Crippen LogP contribution in [0.2, 0.25) is 0 Å². The molecule has 1 unspecified atom stereocenters. The lowest BCUT2D eigenvalue weighted by atomic mass is 9.84. The van der Waals surface area contributed by atoms with E-state index in [-0.39, 0.29) is 5.41 Å². The molecule has 0 spiro atoms. The highest BCUT2D eigenvalue weighted by Crippen LogP contribution is 2.37. The second-order valence-electron chi connectivity index (χ2n) is 5.53. The molecular formula is C14H20O. The smallest absolute Gasteiger partial charge is 0.0630 e. The van der Waals surface area contributed by atoms with Crippen molar-refractivity contribution in [3.63, 3.8) is 0 Å². The third-order valence-electron chi connectivity index (χ3n) is 3.23.